The Hall–Kier alpha value is -0.135. The molecule has 0 aromatic heterocycles. The summed E-state index contributed by atoms with van der Waals surface area (Å²) in [6.07, 6.45) is 0.388. The van der Waals surface area contributed by atoms with Gasteiger partial charge in [-0.15, -0.1) is 0 Å². The van der Waals surface area contributed by atoms with E-state index in [1.165, 1.54) is 0 Å². The lowest BCUT2D eigenvalue weighted by atomic mass is 9.95. The van der Waals surface area contributed by atoms with Gasteiger partial charge in [-0.3, -0.25) is 0 Å². The first-order valence-electron chi connectivity index (χ1n) is 3.30. The molecule has 0 aliphatic carbocycles. The smallest absolute Gasteiger partial charge is 0.0718 e. The van der Waals surface area contributed by atoms with Crippen LogP contribution in [0.15, 0.2) is 12.1 Å². The SMILES string of the molecule is [B]Cc1c(Cl)ccc(C)c1Cl. The van der Waals surface area contributed by atoms with E-state index in [2.05, 4.69) is 0 Å². The Morgan fingerprint density at radius 3 is 2.45 bits per heavy atom. The minimum atomic E-state index is 0.388. The normalized spacial score (nSPS) is 10.1. The predicted octanol–water partition coefficient (Wildman–Crippen LogP) is 2.97. The first-order valence-corrected chi connectivity index (χ1v) is 4.06. The fourth-order valence-corrected chi connectivity index (χ4v) is 1.43. The van der Waals surface area contributed by atoms with Crippen LogP contribution in [0.25, 0.3) is 0 Å². The molecule has 0 saturated heterocycles. The molecule has 11 heavy (non-hydrogen) atoms. The molecule has 0 fully saturated rings. The van der Waals surface area contributed by atoms with Gasteiger partial charge in [-0.1, -0.05) is 35.6 Å². The molecule has 56 valence electrons. The molecule has 0 aliphatic heterocycles. The summed E-state index contributed by atoms with van der Waals surface area (Å²) in [6, 6.07) is 3.69. The molecule has 0 N–H and O–H groups in total. The zero-order valence-corrected chi connectivity index (χ0v) is 7.71. The molecule has 0 spiro atoms. The van der Waals surface area contributed by atoms with Crippen molar-refractivity contribution in [3.05, 3.63) is 33.3 Å². The summed E-state index contributed by atoms with van der Waals surface area (Å²) in [4.78, 5) is 0. The molecule has 1 rings (SSSR count). The summed E-state index contributed by atoms with van der Waals surface area (Å²) < 4.78 is 0. The average molecular weight is 185 g/mol. The summed E-state index contributed by atoms with van der Waals surface area (Å²) in [5.74, 6) is 0. The average Bonchev–Trinajstić information content (AvgIpc) is 1.99. The lowest BCUT2D eigenvalue weighted by molar-refractivity contribution is 1.34. The lowest BCUT2D eigenvalue weighted by Gasteiger charge is -2.05. The molecule has 3 heteroatoms. The molecule has 0 unspecified atom stereocenters. The molecule has 0 amide bonds. The van der Waals surface area contributed by atoms with E-state index >= 15 is 0 Å². The number of rotatable bonds is 1. The summed E-state index contributed by atoms with van der Waals surface area (Å²) in [6.45, 7) is 1.93. The van der Waals surface area contributed by atoms with Gasteiger partial charge in [0.25, 0.3) is 0 Å². The fraction of sp³-hybridized carbons (Fsp3) is 0.250. The Morgan fingerprint density at radius 2 is 2.00 bits per heavy atom. The third-order valence-electron chi connectivity index (χ3n) is 1.58. The van der Waals surface area contributed by atoms with Crippen LogP contribution in [0.1, 0.15) is 11.1 Å². The van der Waals surface area contributed by atoms with Gasteiger partial charge in [-0.2, -0.15) is 0 Å². The van der Waals surface area contributed by atoms with Gasteiger partial charge in [0.2, 0.25) is 0 Å². The van der Waals surface area contributed by atoms with Crippen LogP contribution >= 0.6 is 23.2 Å². The largest absolute Gasteiger partial charge is 0.0840 e. The van der Waals surface area contributed by atoms with Gasteiger partial charge in [0.15, 0.2) is 0 Å². The number of hydrogen-bond acceptors (Lipinski definition) is 0. The molecule has 0 atom stereocenters. The van der Waals surface area contributed by atoms with E-state index < -0.39 is 0 Å². The third-order valence-corrected chi connectivity index (χ3v) is 2.46. The first kappa shape index (κ1) is 8.96. The Kier molecular flexibility index (Phi) is 2.86. The van der Waals surface area contributed by atoms with Crippen LogP contribution in [0.3, 0.4) is 0 Å². The third kappa shape index (κ3) is 1.71. The zero-order valence-electron chi connectivity index (χ0n) is 6.20. The van der Waals surface area contributed by atoms with E-state index in [0.717, 1.165) is 11.1 Å². The molecule has 2 radical (unpaired) electrons. The Balaban J connectivity index is 3.29. The van der Waals surface area contributed by atoms with Gasteiger partial charge in [0.1, 0.15) is 0 Å². The van der Waals surface area contributed by atoms with E-state index in [1.54, 1.807) is 0 Å². The zero-order chi connectivity index (χ0) is 8.43. The van der Waals surface area contributed by atoms with Gasteiger partial charge in [0.05, 0.1) is 7.85 Å². The Bertz CT molecular complexity index is 271. The maximum absolute atomic E-state index is 5.93. The molecule has 1 aromatic carbocycles. The highest BCUT2D eigenvalue weighted by Gasteiger charge is 2.04. The van der Waals surface area contributed by atoms with E-state index in [0.29, 0.717) is 16.4 Å². The predicted molar refractivity (Wildman–Crippen MR) is 50.7 cm³/mol. The van der Waals surface area contributed by atoms with Crippen molar-refractivity contribution in [3.8, 4) is 0 Å². The number of hydrogen-bond donors (Lipinski definition) is 0. The van der Waals surface area contributed by atoms with Crippen molar-refractivity contribution in [3.63, 3.8) is 0 Å². The van der Waals surface area contributed by atoms with Crippen LogP contribution in [0.5, 0.6) is 0 Å². The lowest BCUT2D eigenvalue weighted by Crippen LogP contribution is -1.89. The first-order chi connectivity index (χ1) is 5.16. The molecule has 0 aliphatic rings. The summed E-state index contributed by atoms with van der Waals surface area (Å²) in [5.41, 5.74) is 1.84. The van der Waals surface area contributed by atoms with Crippen molar-refractivity contribution < 1.29 is 0 Å². The second-order valence-corrected chi connectivity index (χ2v) is 3.15. The molecule has 0 heterocycles. The Morgan fingerprint density at radius 1 is 1.36 bits per heavy atom. The van der Waals surface area contributed by atoms with Gasteiger partial charge >= 0.3 is 0 Å². The molecule has 0 nitrogen and oxygen atoms in total. The van der Waals surface area contributed by atoms with E-state index in [9.17, 15) is 0 Å². The number of benzene rings is 1. The van der Waals surface area contributed by atoms with Gasteiger partial charge in [-0.05, 0) is 24.1 Å². The molecule has 0 bridgehead atoms. The number of halogens is 2. The summed E-state index contributed by atoms with van der Waals surface area (Å²) >= 11 is 11.8. The molecular formula is C8H7BCl2. The molecule has 1 aromatic rings. The van der Waals surface area contributed by atoms with Gasteiger partial charge in [0, 0.05) is 10.0 Å². The van der Waals surface area contributed by atoms with E-state index in [1.807, 2.05) is 19.1 Å². The van der Waals surface area contributed by atoms with Crippen molar-refractivity contribution in [2.45, 2.75) is 13.2 Å². The second-order valence-electron chi connectivity index (χ2n) is 2.36. The number of aryl methyl sites for hydroxylation is 1. The van der Waals surface area contributed by atoms with E-state index in [-0.39, 0.29) is 0 Å². The second kappa shape index (κ2) is 3.51. The van der Waals surface area contributed by atoms with Crippen molar-refractivity contribution in [1.82, 2.24) is 0 Å². The van der Waals surface area contributed by atoms with Crippen LogP contribution in [-0.4, -0.2) is 7.85 Å². The van der Waals surface area contributed by atoms with Crippen molar-refractivity contribution in [2.24, 2.45) is 0 Å². The van der Waals surface area contributed by atoms with Crippen LogP contribution in [0, 0.1) is 6.92 Å². The molecular weight excluding hydrogens is 178 g/mol. The maximum atomic E-state index is 5.93. The van der Waals surface area contributed by atoms with Crippen molar-refractivity contribution >= 4 is 31.0 Å². The fourth-order valence-electron chi connectivity index (χ4n) is 0.902. The van der Waals surface area contributed by atoms with Gasteiger partial charge in [-0.25, -0.2) is 0 Å². The van der Waals surface area contributed by atoms with Gasteiger partial charge < -0.3 is 0 Å². The highest BCUT2D eigenvalue weighted by Crippen LogP contribution is 2.27. The van der Waals surface area contributed by atoms with Crippen LogP contribution in [-0.2, 0) is 6.32 Å². The topological polar surface area (TPSA) is 0 Å². The maximum Gasteiger partial charge on any atom is 0.0718 e. The van der Waals surface area contributed by atoms with Crippen LogP contribution in [0.4, 0.5) is 0 Å². The minimum absolute atomic E-state index is 0.388. The monoisotopic (exact) mass is 184 g/mol. The quantitative estimate of drug-likeness (QED) is 0.589. The summed E-state index contributed by atoms with van der Waals surface area (Å²) in [5, 5.41) is 1.32. The standard InChI is InChI=1S/C8H7BCl2/c1-5-2-3-7(10)6(4-9)8(5)11/h2-3H,4H2,1H3. The van der Waals surface area contributed by atoms with Crippen LogP contribution in [0.2, 0.25) is 10.0 Å². The van der Waals surface area contributed by atoms with E-state index in [4.69, 9.17) is 31.0 Å². The van der Waals surface area contributed by atoms with Crippen LogP contribution < -0.4 is 0 Å². The molecule has 0 saturated carbocycles. The summed E-state index contributed by atoms with van der Waals surface area (Å²) in [7, 11) is 5.45. The highest BCUT2D eigenvalue weighted by atomic mass is 35.5. The van der Waals surface area contributed by atoms with Crippen molar-refractivity contribution in [2.75, 3.05) is 0 Å². The minimum Gasteiger partial charge on any atom is -0.0840 e. The highest BCUT2D eigenvalue weighted by molar-refractivity contribution is 6.37. The Labute approximate surface area is 77.9 Å². The van der Waals surface area contributed by atoms with Crippen molar-refractivity contribution in [1.29, 1.82) is 0 Å².